The third-order valence-electron chi connectivity index (χ3n) is 19.5. The minimum absolute atomic E-state index is 0. The van der Waals surface area contributed by atoms with Crippen LogP contribution in [0.25, 0.3) is 10.8 Å². The fraction of sp³-hybridized carbons (Fsp3) is 0.781. The summed E-state index contributed by atoms with van der Waals surface area (Å²) in [5, 5.41) is 41.3. The zero-order valence-electron chi connectivity index (χ0n) is 53.6. The SMILES string of the molecule is C1CCCC(NCCNC2CCCCCCC2)CCC1.CC(NCCNC1CCCCCCC1)c1cccc2ccccc12.CC[C@@H](CO)NCCNC1CCCCCCC1.S.c1ccc(C2CC2NCCNC2CCCCCCC2)cc1. The second-order valence-electron chi connectivity index (χ2n) is 26.3. The van der Waals surface area contributed by atoms with Crippen molar-refractivity contribution in [2.75, 3.05) is 59.0 Å². The monoisotopic (exact) mass is 1170 g/mol. The fourth-order valence-corrected chi connectivity index (χ4v) is 14.1. The van der Waals surface area contributed by atoms with E-state index in [1.165, 1.54) is 266 Å². The molecule has 0 spiro atoms. The van der Waals surface area contributed by atoms with Crippen LogP contribution in [0.2, 0.25) is 0 Å². The molecule has 9 nitrogen and oxygen atoms in total. The quantitative estimate of drug-likeness (QED) is 0.0405. The van der Waals surface area contributed by atoms with Gasteiger partial charge in [0.1, 0.15) is 0 Å². The molecule has 0 amide bonds. The molecule has 0 heterocycles. The van der Waals surface area contributed by atoms with Crippen molar-refractivity contribution < 1.29 is 5.11 Å². The van der Waals surface area contributed by atoms with Crippen LogP contribution in [0.15, 0.2) is 72.8 Å². The average molecular weight is 1170 g/mol. The largest absolute Gasteiger partial charge is 0.395 e. The molecular weight excluding hydrogens is 1040 g/mol. The Balaban J connectivity index is 0.000000203. The van der Waals surface area contributed by atoms with Crippen LogP contribution in [0.1, 0.15) is 275 Å². The van der Waals surface area contributed by atoms with E-state index in [1.807, 2.05) is 0 Å². The Morgan fingerprint density at radius 2 is 0.723 bits per heavy atom. The van der Waals surface area contributed by atoms with E-state index in [1.54, 1.807) is 0 Å². The Bertz CT molecular complexity index is 1890. The lowest BCUT2D eigenvalue weighted by molar-refractivity contribution is 0.238. The molecule has 6 aliphatic carbocycles. The molecule has 0 aliphatic heterocycles. The highest BCUT2D eigenvalue weighted by Crippen LogP contribution is 2.40. The first-order valence-corrected chi connectivity index (χ1v) is 35.6. The second-order valence-corrected chi connectivity index (χ2v) is 26.3. The number of aliphatic hydroxyl groups is 1. The number of fused-ring (bicyclic) bond motifs is 1. The minimum Gasteiger partial charge on any atom is -0.395 e. The summed E-state index contributed by atoms with van der Waals surface area (Å²) in [7, 11) is 0. The van der Waals surface area contributed by atoms with Crippen molar-refractivity contribution in [2.45, 2.75) is 306 Å². The highest BCUT2D eigenvalue weighted by molar-refractivity contribution is 7.59. The predicted octanol–water partition coefficient (Wildman–Crippen LogP) is 15.6. The van der Waals surface area contributed by atoms with Gasteiger partial charge >= 0.3 is 0 Å². The van der Waals surface area contributed by atoms with Gasteiger partial charge in [-0.25, -0.2) is 0 Å². The first-order valence-electron chi connectivity index (χ1n) is 35.6. The van der Waals surface area contributed by atoms with Crippen molar-refractivity contribution >= 4 is 24.3 Å². The van der Waals surface area contributed by atoms with Crippen molar-refractivity contribution in [3.05, 3.63) is 83.9 Å². The number of benzene rings is 3. The summed E-state index contributed by atoms with van der Waals surface area (Å²) in [5.74, 6) is 0.757. The molecule has 474 valence electrons. The number of nitrogens with one attached hydrogen (secondary N) is 8. The standard InChI is InChI=1S/C22H32N2.C19H30N2.C18H36N2.C14H30N2O.H2S/c1-18(21-15-9-11-19-10-7-8-14-22(19)21)23-16-17-24-20-12-5-3-2-4-6-13-20;1-2-7-11-17(12-8-3-1)20-13-14-21-19-15-18(19)16-9-5-4-6-10-16;1-3-7-11-17(12-8-4-1)19-15-16-20-18-13-9-5-2-6-10-14-18;1-2-13(12-17)15-10-11-16-14-8-6-4-3-5-7-9-14;/h7-11,14-15,18,20,23-24H,2-6,12-13,16-17H2,1H3;4-6,9-10,17-21H,1-3,7-8,11-15H2;17-20H,1-16H2;13-17H,2-12H2,1H3;1H2/t;;;13-;/m...0./s1. The third-order valence-corrected chi connectivity index (χ3v) is 19.5. The van der Waals surface area contributed by atoms with Crippen molar-refractivity contribution in [1.29, 1.82) is 0 Å². The van der Waals surface area contributed by atoms with Crippen LogP contribution in [0.3, 0.4) is 0 Å². The number of aliphatic hydroxyl groups excluding tert-OH is 1. The summed E-state index contributed by atoms with van der Waals surface area (Å²) in [6, 6.07) is 31.4. The Morgan fingerprint density at radius 3 is 1.12 bits per heavy atom. The Morgan fingerprint density at radius 1 is 0.386 bits per heavy atom. The molecule has 3 unspecified atom stereocenters. The maximum absolute atomic E-state index is 9.06. The first kappa shape index (κ1) is 71.7. The molecule has 6 fully saturated rings. The van der Waals surface area contributed by atoms with Gasteiger partial charge in [0.05, 0.1) is 6.61 Å². The highest BCUT2D eigenvalue weighted by atomic mass is 32.1. The lowest BCUT2D eigenvalue weighted by atomic mass is 9.96. The van der Waals surface area contributed by atoms with Crippen LogP contribution in [0.5, 0.6) is 0 Å². The summed E-state index contributed by atoms with van der Waals surface area (Å²) in [6.07, 6.45) is 51.9. The zero-order chi connectivity index (χ0) is 57.2. The molecular formula is C73H130N8OS. The maximum atomic E-state index is 9.06. The van der Waals surface area contributed by atoms with E-state index in [9.17, 15) is 0 Å². The van der Waals surface area contributed by atoms with Gasteiger partial charge in [-0.15, -0.1) is 0 Å². The van der Waals surface area contributed by atoms with Gasteiger partial charge in [-0.2, -0.15) is 13.5 Å². The van der Waals surface area contributed by atoms with E-state index < -0.39 is 0 Å². The average Bonchev–Trinajstić information content (AvgIpc) is 4.47. The predicted molar refractivity (Wildman–Crippen MR) is 366 cm³/mol. The summed E-state index contributed by atoms with van der Waals surface area (Å²) >= 11 is 0. The summed E-state index contributed by atoms with van der Waals surface area (Å²) in [6.45, 7) is 13.3. The molecule has 10 heteroatoms. The molecule has 3 aromatic rings. The molecule has 9 N–H and O–H groups in total. The number of hydrogen-bond acceptors (Lipinski definition) is 9. The molecule has 6 aliphatic rings. The normalized spacial score (nSPS) is 22.3. The molecule has 4 atom stereocenters. The van der Waals surface area contributed by atoms with Crippen molar-refractivity contribution in [3.8, 4) is 0 Å². The molecule has 0 aromatic heterocycles. The van der Waals surface area contributed by atoms with Crippen molar-refractivity contribution in [1.82, 2.24) is 42.5 Å². The van der Waals surface area contributed by atoms with Gasteiger partial charge in [0.25, 0.3) is 0 Å². The molecule has 0 radical (unpaired) electrons. The van der Waals surface area contributed by atoms with E-state index in [2.05, 4.69) is 129 Å². The first-order chi connectivity index (χ1) is 40.6. The molecule has 0 bridgehead atoms. The van der Waals surface area contributed by atoms with Gasteiger partial charge in [-0.3, -0.25) is 0 Å². The zero-order valence-corrected chi connectivity index (χ0v) is 54.6. The Kier molecular flexibility index (Phi) is 40.6. The third kappa shape index (κ3) is 32.1. The molecule has 0 saturated heterocycles. The Hall–Kier alpha value is -2.09. The van der Waals surface area contributed by atoms with Gasteiger partial charge in [-0.1, -0.05) is 240 Å². The van der Waals surface area contributed by atoms with Gasteiger partial charge in [0.15, 0.2) is 0 Å². The van der Waals surface area contributed by atoms with E-state index in [0.29, 0.717) is 12.1 Å². The fourth-order valence-electron chi connectivity index (χ4n) is 14.1. The molecule has 83 heavy (non-hydrogen) atoms. The number of hydrogen-bond donors (Lipinski definition) is 9. The van der Waals surface area contributed by atoms with Crippen LogP contribution in [-0.4, -0.2) is 106 Å². The second kappa shape index (κ2) is 47.0. The summed E-state index contributed by atoms with van der Waals surface area (Å²) in [5.41, 5.74) is 2.90. The van der Waals surface area contributed by atoms with E-state index in [4.69, 9.17) is 5.11 Å². The van der Waals surface area contributed by atoms with Gasteiger partial charge in [0, 0.05) is 107 Å². The van der Waals surface area contributed by atoms with Crippen LogP contribution < -0.4 is 42.5 Å². The van der Waals surface area contributed by atoms with Gasteiger partial charge in [-0.05, 0) is 106 Å². The minimum atomic E-state index is 0. The topological polar surface area (TPSA) is 116 Å². The van der Waals surface area contributed by atoms with Crippen LogP contribution in [0, 0.1) is 0 Å². The van der Waals surface area contributed by atoms with Crippen molar-refractivity contribution in [2.24, 2.45) is 0 Å². The lowest BCUT2D eigenvalue weighted by Gasteiger charge is -2.24. The number of rotatable bonds is 24. The summed E-state index contributed by atoms with van der Waals surface area (Å²) < 4.78 is 0. The molecule has 3 aromatic carbocycles. The van der Waals surface area contributed by atoms with E-state index >= 15 is 0 Å². The van der Waals surface area contributed by atoms with E-state index in [-0.39, 0.29) is 26.1 Å². The van der Waals surface area contributed by atoms with Crippen LogP contribution in [0.4, 0.5) is 0 Å². The molecule has 9 rings (SSSR count). The van der Waals surface area contributed by atoms with Crippen LogP contribution >= 0.6 is 13.5 Å². The van der Waals surface area contributed by atoms with Crippen LogP contribution in [-0.2, 0) is 0 Å². The summed E-state index contributed by atoms with van der Waals surface area (Å²) in [4.78, 5) is 0. The highest BCUT2D eigenvalue weighted by Gasteiger charge is 2.37. The van der Waals surface area contributed by atoms with Crippen molar-refractivity contribution in [3.63, 3.8) is 0 Å². The Labute approximate surface area is 517 Å². The van der Waals surface area contributed by atoms with Gasteiger partial charge in [0.2, 0.25) is 0 Å². The lowest BCUT2D eigenvalue weighted by Crippen LogP contribution is -2.40. The van der Waals surface area contributed by atoms with Gasteiger partial charge < -0.3 is 47.6 Å². The smallest absolute Gasteiger partial charge is 0.0584 e. The van der Waals surface area contributed by atoms with E-state index in [0.717, 1.165) is 81.8 Å². The maximum Gasteiger partial charge on any atom is 0.0584 e. The molecule has 6 saturated carbocycles.